The molecular weight excluding hydrogens is 306 g/mol. The first-order valence-electron chi connectivity index (χ1n) is 5.81. The van der Waals surface area contributed by atoms with Crippen LogP contribution in [0, 0.1) is 11.8 Å². The maximum Gasteiger partial charge on any atom is 0.107 e. The van der Waals surface area contributed by atoms with Crippen LogP contribution in [0.25, 0.3) is 0 Å². The highest BCUT2D eigenvalue weighted by molar-refractivity contribution is 9.10. The van der Waals surface area contributed by atoms with Crippen molar-refractivity contribution in [3.05, 3.63) is 19.8 Å². The van der Waals surface area contributed by atoms with Gasteiger partial charge in [-0.25, -0.2) is 0 Å². The standard InChI is InChI=1S/C12H17BrClNS/c1-3-15-11(7(2)8-4-5-8)10-6-9(13)12(14)16-10/h6-8,11,15H,3-5H2,1-2H3. The molecule has 1 N–H and O–H groups in total. The van der Waals surface area contributed by atoms with Crippen LogP contribution < -0.4 is 5.32 Å². The molecule has 1 fully saturated rings. The van der Waals surface area contributed by atoms with Gasteiger partial charge in [0.2, 0.25) is 0 Å². The summed E-state index contributed by atoms with van der Waals surface area (Å²) in [6.45, 7) is 5.53. The first-order chi connectivity index (χ1) is 7.63. The van der Waals surface area contributed by atoms with Crippen LogP contribution >= 0.6 is 38.9 Å². The van der Waals surface area contributed by atoms with E-state index in [0.29, 0.717) is 12.0 Å². The molecule has 0 bridgehead atoms. The molecule has 2 atom stereocenters. The second-order valence-corrected chi connectivity index (χ2v) is 7.04. The Morgan fingerprint density at radius 3 is 2.75 bits per heavy atom. The zero-order chi connectivity index (χ0) is 11.7. The molecule has 2 unspecified atom stereocenters. The van der Waals surface area contributed by atoms with Gasteiger partial charge in [-0.3, -0.25) is 0 Å². The van der Waals surface area contributed by atoms with Crippen molar-refractivity contribution < 1.29 is 0 Å². The zero-order valence-corrected chi connectivity index (χ0v) is 12.8. The highest BCUT2D eigenvalue weighted by Gasteiger charge is 2.34. The van der Waals surface area contributed by atoms with E-state index in [2.05, 4.69) is 41.2 Å². The summed E-state index contributed by atoms with van der Waals surface area (Å²) in [5.41, 5.74) is 0. The van der Waals surface area contributed by atoms with Crippen molar-refractivity contribution in [3.8, 4) is 0 Å². The average molecular weight is 323 g/mol. The number of thiophene rings is 1. The molecule has 0 aromatic carbocycles. The van der Waals surface area contributed by atoms with Gasteiger partial charge in [-0.1, -0.05) is 25.4 Å². The SMILES string of the molecule is CCNC(c1cc(Br)c(Cl)s1)C(C)C1CC1. The topological polar surface area (TPSA) is 12.0 Å². The van der Waals surface area contributed by atoms with E-state index in [1.54, 1.807) is 11.3 Å². The summed E-state index contributed by atoms with van der Waals surface area (Å²) in [5, 5.41) is 3.59. The molecule has 0 amide bonds. The lowest BCUT2D eigenvalue weighted by atomic mass is 9.95. The van der Waals surface area contributed by atoms with Gasteiger partial charge in [0.25, 0.3) is 0 Å². The molecule has 0 radical (unpaired) electrons. The average Bonchev–Trinajstić information content (AvgIpc) is 3.03. The molecule has 0 spiro atoms. The van der Waals surface area contributed by atoms with Crippen molar-refractivity contribution in [3.63, 3.8) is 0 Å². The molecule has 16 heavy (non-hydrogen) atoms. The summed E-state index contributed by atoms with van der Waals surface area (Å²) in [6.07, 6.45) is 2.78. The van der Waals surface area contributed by atoms with Gasteiger partial charge in [-0.2, -0.15) is 0 Å². The number of rotatable bonds is 5. The quantitative estimate of drug-likeness (QED) is 0.816. The Morgan fingerprint density at radius 1 is 1.62 bits per heavy atom. The molecular formula is C12H17BrClNS. The Bertz CT molecular complexity index is 342. The lowest BCUT2D eigenvalue weighted by molar-refractivity contribution is 0.360. The van der Waals surface area contributed by atoms with Crippen LogP contribution in [-0.4, -0.2) is 6.54 Å². The molecule has 1 nitrogen and oxygen atoms in total. The Hall–Kier alpha value is 0.430. The second kappa shape index (κ2) is 5.38. The fraction of sp³-hybridized carbons (Fsp3) is 0.667. The van der Waals surface area contributed by atoms with Crippen molar-refractivity contribution in [2.75, 3.05) is 6.54 Å². The van der Waals surface area contributed by atoms with E-state index in [9.17, 15) is 0 Å². The number of hydrogen-bond acceptors (Lipinski definition) is 2. The largest absolute Gasteiger partial charge is 0.309 e. The van der Waals surface area contributed by atoms with Crippen molar-refractivity contribution >= 4 is 38.9 Å². The fourth-order valence-electron chi connectivity index (χ4n) is 2.18. The fourth-order valence-corrected chi connectivity index (χ4v) is 4.10. The van der Waals surface area contributed by atoms with Crippen LogP contribution in [0.2, 0.25) is 4.34 Å². The molecule has 1 aliphatic carbocycles. The molecule has 90 valence electrons. The summed E-state index contributed by atoms with van der Waals surface area (Å²) in [6, 6.07) is 2.63. The maximum absolute atomic E-state index is 6.12. The first-order valence-corrected chi connectivity index (χ1v) is 7.80. The molecule has 2 rings (SSSR count). The molecule has 1 aromatic rings. The summed E-state index contributed by atoms with van der Waals surface area (Å²) >= 11 is 11.3. The lowest BCUT2D eigenvalue weighted by Crippen LogP contribution is -2.27. The summed E-state index contributed by atoms with van der Waals surface area (Å²) in [7, 11) is 0. The smallest absolute Gasteiger partial charge is 0.107 e. The van der Waals surface area contributed by atoms with E-state index >= 15 is 0 Å². The third-order valence-electron chi connectivity index (χ3n) is 3.29. The Labute approximate surface area is 115 Å². The lowest BCUT2D eigenvalue weighted by Gasteiger charge is -2.23. The highest BCUT2D eigenvalue weighted by Crippen LogP contribution is 2.45. The number of nitrogens with one attached hydrogen (secondary N) is 1. The molecule has 0 aliphatic heterocycles. The first kappa shape index (κ1) is 12.9. The van der Waals surface area contributed by atoms with E-state index in [-0.39, 0.29) is 0 Å². The van der Waals surface area contributed by atoms with Gasteiger partial charge in [-0.05, 0) is 53.2 Å². The minimum Gasteiger partial charge on any atom is -0.309 e. The van der Waals surface area contributed by atoms with Crippen LogP contribution in [0.5, 0.6) is 0 Å². The van der Waals surface area contributed by atoms with Crippen LogP contribution in [0.4, 0.5) is 0 Å². The van der Waals surface area contributed by atoms with Crippen LogP contribution in [0.15, 0.2) is 10.5 Å². The minimum absolute atomic E-state index is 0.464. The summed E-state index contributed by atoms with van der Waals surface area (Å²) in [5.74, 6) is 1.62. The van der Waals surface area contributed by atoms with Crippen LogP contribution in [-0.2, 0) is 0 Å². The molecule has 1 aliphatic rings. The normalized spacial score (nSPS) is 19.8. The van der Waals surface area contributed by atoms with E-state index in [0.717, 1.165) is 21.3 Å². The predicted molar refractivity (Wildman–Crippen MR) is 75.3 cm³/mol. The Kier molecular flexibility index (Phi) is 4.33. The third-order valence-corrected chi connectivity index (χ3v) is 5.84. The highest BCUT2D eigenvalue weighted by atomic mass is 79.9. The van der Waals surface area contributed by atoms with E-state index in [1.165, 1.54) is 17.7 Å². The maximum atomic E-state index is 6.12. The summed E-state index contributed by atoms with van der Waals surface area (Å²) in [4.78, 5) is 1.36. The Balaban J connectivity index is 2.17. The number of hydrogen-bond donors (Lipinski definition) is 1. The third kappa shape index (κ3) is 2.81. The molecule has 1 heterocycles. The Morgan fingerprint density at radius 2 is 2.31 bits per heavy atom. The van der Waals surface area contributed by atoms with Gasteiger partial charge >= 0.3 is 0 Å². The van der Waals surface area contributed by atoms with Gasteiger partial charge in [-0.15, -0.1) is 11.3 Å². The van der Waals surface area contributed by atoms with Crippen molar-refractivity contribution in [1.29, 1.82) is 0 Å². The molecule has 1 aromatic heterocycles. The number of halogens is 2. The monoisotopic (exact) mass is 321 g/mol. The molecule has 0 saturated heterocycles. The zero-order valence-electron chi connectivity index (χ0n) is 9.59. The van der Waals surface area contributed by atoms with Crippen molar-refractivity contribution in [1.82, 2.24) is 5.32 Å². The van der Waals surface area contributed by atoms with Gasteiger partial charge < -0.3 is 5.32 Å². The minimum atomic E-state index is 0.464. The second-order valence-electron chi connectivity index (χ2n) is 4.50. The molecule has 1 saturated carbocycles. The van der Waals surface area contributed by atoms with E-state index in [4.69, 9.17) is 11.6 Å². The summed E-state index contributed by atoms with van der Waals surface area (Å²) < 4.78 is 1.89. The molecule has 4 heteroatoms. The van der Waals surface area contributed by atoms with E-state index < -0.39 is 0 Å². The van der Waals surface area contributed by atoms with Gasteiger partial charge in [0.15, 0.2) is 0 Å². The van der Waals surface area contributed by atoms with Gasteiger partial charge in [0.05, 0.1) is 0 Å². The predicted octanol–water partition coefficient (Wildman–Crippen LogP) is 4.86. The van der Waals surface area contributed by atoms with Crippen molar-refractivity contribution in [2.24, 2.45) is 11.8 Å². The van der Waals surface area contributed by atoms with Crippen LogP contribution in [0.3, 0.4) is 0 Å². The van der Waals surface area contributed by atoms with E-state index in [1.807, 2.05) is 0 Å². The van der Waals surface area contributed by atoms with Crippen LogP contribution in [0.1, 0.15) is 37.6 Å². The van der Waals surface area contributed by atoms with Crippen molar-refractivity contribution in [2.45, 2.75) is 32.7 Å². The van der Waals surface area contributed by atoms with Gasteiger partial charge in [0.1, 0.15) is 4.34 Å². The van der Waals surface area contributed by atoms with Gasteiger partial charge in [0, 0.05) is 15.4 Å².